The minimum Gasteiger partial charge on any atom is -0.408 e. The molecule has 0 unspecified atom stereocenters. The molecule has 0 N–H and O–H groups in total. The lowest BCUT2D eigenvalue weighted by molar-refractivity contribution is 0.103. The van der Waals surface area contributed by atoms with E-state index < -0.39 is 5.76 Å². The van der Waals surface area contributed by atoms with Crippen LogP contribution in [0.25, 0.3) is 11.1 Å². The molecule has 0 aliphatic carbocycles. The standard InChI is InChI=1S/C14H11NO3S/c1-2-15-11-4-3-9(7-12(11)18-14(15)17)13(16)10-5-6-19-8-10/h3-8H,2H2,1H3. The number of thiophene rings is 1. The SMILES string of the molecule is CCn1c(=O)oc2cc(C(=O)c3ccsc3)ccc21. The molecule has 0 saturated heterocycles. The third-order valence-corrected chi connectivity index (χ3v) is 3.71. The van der Waals surface area contributed by atoms with Crippen LogP contribution in [0, 0.1) is 0 Å². The van der Waals surface area contributed by atoms with Gasteiger partial charge < -0.3 is 4.42 Å². The zero-order chi connectivity index (χ0) is 13.4. The largest absolute Gasteiger partial charge is 0.419 e. The van der Waals surface area contributed by atoms with Crippen molar-refractivity contribution < 1.29 is 9.21 Å². The van der Waals surface area contributed by atoms with Crippen molar-refractivity contribution in [2.75, 3.05) is 0 Å². The molecule has 5 heteroatoms. The van der Waals surface area contributed by atoms with E-state index in [2.05, 4.69) is 0 Å². The van der Waals surface area contributed by atoms with Gasteiger partial charge >= 0.3 is 5.76 Å². The Morgan fingerprint density at radius 3 is 2.84 bits per heavy atom. The summed E-state index contributed by atoms with van der Waals surface area (Å²) >= 11 is 1.48. The third kappa shape index (κ3) is 1.92. The molecular formula is C14H11NO3S. The smallest absolute Gasteiger partial charge is 0.408 e. The molecule has 0 fully saturated rings. The molecule has 2 aromatic heterocycles. The summed E-state index contributed by atoms with van der Waals surface area (Å²) in [7, 11) is 0. The van der Waals surface area contributed by atoms with E-state index in [-0.39, 0.29) is 5.78 Å². The number of fused-ring (bicyclic) bond motifs is 1. The van der Waals surface area contributed by atoms with Crippen molar-refractivity contribution in [2.24, 2.45) is 0 Å². The Labute approximate surface area is 112 Å². The number of aryl methyl sites for hydroxylation is 1. The number of ketones is 1. The predicted octanol–water partition coefficient (Wildman–Crippen LogP) is 2.91. The van der Waals surface area contributed by atoms with Crippen LogP contribution in [0.1, 0.15) is 22.8 Å². The number of oxazole rings is 1. The van der Waals surface area contributed by atoms with Crippen LogP contribution in [0.4, 0.5) is 0 Å². The topological polar surface area (TPSA) is 52.2 Å². The lowest BCUT2D eigenvalue weighted by Crippen LogP contribution is -2.11. The van der Waals surface area contributed by atoms with Crippen molar-refractivity contribution >= 4 is 28.2 Å². The molecule has 0 bridgehead atoms. The molecule has 0 aliphatic rings. The monoisotopic (exact) mass is 273 g/mol. The molecule has 0 radical (unpaired) electrons. The van der Waals surface area contributed by atoms with Crippen molar-refractivity contribution in [1.29, 1.82) is 0 Å². The van der Waals surface area contributed by atoms with Crippen LogP contribution in [0.2, 0.25) is 0 Å². The number of carbonyl (C=O) groups is 1. The number of benzene rings is 1. The Balaban J connectivity index is 2.13. The normalized spacial score (nSPS) is 11.0. The molecular weight excluding hydrogens is 262 g/mol. The first-order chi connectivity index (χ1) is 9.20. The van der Waals surface area contributed by atoms with Gasteiger partial charge in [-0.2, -0.15) is 11.3 Å². The first kappa shape index (κ1) is 11.9. The molecule has 3 aromatic rings. The predicted molar refractivity (Wildman–Crippen MR) is 73.9 cm³/mol. The van der Waals surface area contributed by atoms with E-state index in [1.807, 2.05) is 12.3 Å². The van der Waals surface area contributed by atoms with Crippen molar-refractivity contribution in [1.82, 2.24) is 4.57 Å². The van der Waals surface area contributed by atoms with Gasteiger partial charge in [-0.05, 0) is 36.6 Å². The van der Waals surface area contributed by atoms with Gasteiger partial charge in [0.05, 0.1) is 5.52 Å². The lowest BCUT2D eigenvalue weighted by atomic mass is 10.1. The van der Waals surface area contributed by atoms with Crippen LogP contribution in [0.3, 0.4) is 0 Å². The van der Waals surface area contributed by atoms with E-state index in [0.717, 1.165) is 5.52 Å². The molecule has 0 amide bonds. The second-order valence-electron chi connectivity index (χ2n) is 4.14. The van der Waals surface area contributed by atoms with Gasteiger partial charge in [0.15, 0.2) is 11.4 Å². The molecule has 3 rings (SSSR count). The summed E-state index contributed by atoms with van der Waals surface area (Å²) in [4.78, 5) is 23.8. The van der Waals surface area contributed by atoms with Crippen LogP contribution in [-0.2, 0) is 6.54 Å². The van der Waals surface area contributed by atoms with Gasteiger partial charge in [0.25, 0.3) is 0 Å². The van der Waals surface area contributed by atoms with Crippen molar-refractivity contribution in [3.63, 3.8) is 0 Å². The summed E-state index contributed by atoms with van der Waals surface area (Å²) in [5.41, 5.74) is 2.35. The first-order valence-corrected chi connectivity index (χ1v) is 6.85. The minimum absolute atomic E-state index is 0.0601. The number of hydrogen-bond acceptors (Lipinski definition) is 4. The number of aromatic nitrogens is 1. The Hall–Kier alpha value is -2.14. The Morgan fingerprint density at radius 2 is 2.16 bits per heavy atom. The first-order valence-electron chi connectivity index (χ1n) is 5.91. The number of hydrogen-bond donors (Lipinski definition) is 0. The highest BCUT2D eigenvalue weighted by Gasteiger charge is 2.13. The third-order valence-electron chi connectivity index (χ3n) is 3.03. The molecule has 0 saturated carbocycles. The fraction of sp³-hybridized carbons (Fsp3) is 0.143. The summed E-state index contributed by atoms with van der Waals surface area (Å²) in [5.74, 6) is -0.451. The van der Waals surface area contributed by atoms with Crippen LogP contribution in [0.5, 0.6) is 0 Å². The van der Waals surface area contributed by atoms with Crippen LogP contribution in [-0.4, -0.2) is 10.4 Å². The van der Waals surface area contributed by atoms with E-state index >= 15 is 0 Å². The van der Waals surface area contributed by atoms with Gasteiger partial charge in [0.1, 0.15) is 0 Å². The molecule has 19 heavy (non-hydrogen) atoms. The summed E-state index contributed by atoms with van der Waals surface area (Å²) in [5, 5.41) is 3.67. The van der Waals surface area contributed by atoms with E-state index in [9.17, 15) is 9.59 Å². The average Bonchev–Trinajstić information content (AvgIpc) is 3.03. The lowest BCUT2D eigenvalue weighted by Gasteiger charge is -1.99. The Morgan fingerprint density at radius 1 is 1.32 bits per heavy atom. The van der Waals surface area contributed by atoms with Crippen LogP contribution < -0.4 is 5.76 Å². The zero-order valence-corrected chi connectivity index (χ0v) is 11.1. The van der Waals surface area contributed by atoms with Gasteiger partial charge in [-0.3, -0.25) is 9.36 Å². The maximum absolute atomic E-state index is 12.2. The summed E-state index contributed by atoms with van der Waals surface area (Å²) in [6.45, 7) is 2.42. The maximum atomic E-state index is 12.2. The average molecular weight is 273 g/mol. The highest BCUT2D eigenvalue weighted by atomic mass is 32.1. The van der Waals surface area contributed by atoms with Gasteiger partial charge in [0, 0.05) is 23.1 Å². The number of nitrogens with zero attached hydrogens (tertiary/aromatic N) is 1. The second-order valence-corrected chi connectivity index (χ2v) is 4.92. The van der Waals surface area contributed by atoms with E-state index in [1.54, 1.807) is 29.6 Å². The molecule has 2 heterocycles. The number of rotatable bonds is 3. The maximum Gasteiger partial charge on any atom is 0.419 e. The van der Waals surface area contributed by atoms with Crippen molar-refractivity contribution in [2.45, 2.75) is 13.5 Å². The Kier molecular flexibility index (Phi) is 2.83. The van der Waals surface area contributed by atoms with Crippen LogP contribution >= 0.6 is 11.3 Å². The zero-order valence-electron chi connectivity index (χ0n) is 10.3. The van der Waals surface area contributed by atoms with E-state index in [1.165, 1.54) is 15.9 Å². The van der Waals surface area contributed by atoms with Crippen molar-refractivity contribution in [3.05, 3.63) is 56.7 Å². The highest BCUT2D eigenvalue weighted by molar-refractivity contribution is 7.08. The molecule has 0 aliphatic heterocycles. The van der Waals surface area contributed by atoms with Gasteiger partial charge in [-0.25, -0.2) is 4.79 Å². The summed E-state index contributed by atoms with van der Waals surface area (Å²) < 4.78 is 6.69. The molecule has 96 valence electrons. The van der Waals surface area contributed by atoms with Gasteiger partial charge in [-0.15, -0.1) is 0 Å². The summed E-state index contributed by atoms with van der Waals surface area (Å²) in [6, 6.07) is 6.89. The molecule has 0 spiro atoms. The molecule has 4 nitrogen and oxygen atoms in total. The van der Waals surface area contributed by atoms with Crippen molar-refractivity contribution in [3.8, 4) is 0 Å². The van der Waals surface area contributed by atoms with E-state index in [0.29, 0.717) is 23.3 Å². The summed E-state index contributed by atoms with van der Waals surface area (Å²) in [6.07, 6.45) is 0. The fourth-order valence-electron chi connectivity index (χ4n) is 2.07. The Bertz CT molecular complexity index is 796. The molecule has 1 aromatic carbocycles. The number of carbonyl (C=O) groups excluding carboxylic acids is 1. The fourth-order valence-corrected chi connectivity index (χ4v) is 2.70. The van der Waals surface area contributed by atoms with E-state index in [4.69, 9.17) is 4.42 Å². The highest BCUT2D eigenvalue weighted by Crippen LogP contribution is 2.18. The second kappa shape index (κ2) is 4.51. The van der Waals surface area contributed by atoms with Gasteiger partial charge in [-0.1, -0.05) is 0 Å². The van der Waals surface area contributed by atoms with Gasteiger partial charge in [0.2, 0.25) is 0 Å². The molecule has 0 atom stereocenters. The quantitative estimate of drug-likeness (QED) is 0.689. The van der Waals surface area contributed by atoms with Crippen LogP contribution in [0.15, 0.2) is 44.2 Å². The minimum atomic E-state index is -0.391.